The van der Waals surface area contributed by atoms with Crippen LogP contribution in [0.25, 0.3) is 0 Å². The number of nitrogens with two attached hydrogens (primary N) is 1. The first-order valence-corrected chi connectivity index (χ1v) is 5.10. The van der Waals surface area contributed by atoms with E-state index in [2.05, 4.69) is 17.1 Å². The molecule has 0 aliphatic rings. The third kappa shape index (κ3) is 2.92. The minimum atomic E-state index is 0.140. The standard InChI is InChI=1S/C12H15N3/c13-12(9-15-7-6-14-10-15)8-11-4-2-1-3-5-11/h1-7,10,12H,8-9,13H2/t12-/m1/s1. The van der Waals surface area contributed by atoms with Crippen molar-refractivity contribution in [2.75, 3.05) is 0 Å². The van der Waals surface area contributed by atoms with Crippen molar-refractivity contribution in [1.29, 1.82) is 0 Å². The summed E-state index contributed by atoms with van der Waals surface area (Å²) in [4.78, 5) is 3.99. The van der Waals surface area contributed by atoms with Gasteiger partial charge in [-0.25, -0.2) is 4.98 Å². The Kier molecular flexibility index (Phi) is 3.15. The van der Waals surface area contributed by atoms with Crippen molar-refractivity contribution in [3.63, 3.8) is 0 Å². The SMILES string of the molecule is N[C@H](Cc1ccccc1)Cn1ccnc1. The molecule has 1 aromatic carbocycles. The van der Waals surface area contributed by atoms with Crippen molar-refractivity contribution in [1.82, 2.24) is 9.55 Å². The summed E-state index contributed by atoms with van der Waals surface area (Å²) in [5, 5.41) is 0. The van der Waals surface area contributed by atoms with Gasteiger partial charge in [0.15, 0.2) is 0 Å². The van der Waals surface area contributed by atoms with E-state index < -0.39 is 0 Å². The summed E-state index contributed by atoms with van der Waals surface area (Å²) >= 11 is 0. The Hall–Kier alpha value is -1.61. The first-order valence-electron chi connectivity index (χ1n) is 5.10. The van der Waals surface area contributed by atoms with Crippen LogP contribution in [-0.2, 0) is 13.0 Å². The molecule has 1 aromatic heterocycles. The summed E-state index contributed by atoms with van der Waals surface area (Å²) in [6.07, 6.45) is 6.41. The van der Waals surface area contributed by atoms with Crippen LogP contribution < -0.4 is 5.73 Å². The zero-order valence-corrected chi connectivity index (χ0v) is 8.58. The number of hydrogen-bond donors (Lipinski definition) is 1. The highest BCUT2D eigenvalue weighted by atomic mass is 15.0. The van der Waals surface area contributed by atoms with E-state index in [0.29, 0.717) is 0 Å². The molecule has 2 aromatic rings. The number of nitrogens with zero attached hydrogens (tertiary/aromatic N) is 2. The average Bonchev–Trinajstić information content (AvgIpc) is 2.71. The van der Waals surface area contributed by atoms with E-state index in [-0.39, 0.29) is 6.04 Å². The molecule has 0 aliphatic carbocycles. The van der Waals surface area contributed by atoms with Gasteiger partial charge in [0.25, 0.3) is 0 Å². The van der Waals surface area contributed by atoms with Crippen LogP contribution in [0.4, 0.5) is 0 Å². The van der Waals surface area contributed by atoms with Crippen molar-refractivity contribution in [3.8, 4) is 0 Å². The summed E-state index contributed by atoms with van der Waals surface area (Å²) in [5.74, 6) is 0. The molecule has 0 spiro atoms. The topological polar surface area (TPSA) is 43.8 Å². The molecule has 2 N–H and O–H groups in total. The fourth-order valence-electron chi connectivity index (χ4n) is 1.65. The van der Waals surface area contributed by atoms with E-state index in [1.165, 1.54) is 5.56 Å². The fourth-order valence-corrected chi connectivity index (χ4v) is 1.65. The molecular weight excluding hydrogens is 186 g/mol. The second kappa shape index (κ2) is 4.75. The predicted molar refractivity (Wildman–Crippen MR) is 60.3 cm³/mol. The molecule has 0 bridgehead atoms. The monoisotopic (exact) mass is 201 g/mol. The van der Waals surface area contributed by atoms with E-state index in [1.807, 2.05) is 29.0 Å². The maximum atomic E-state index is 6.05. The first-order chi connectivity index (χ1) is 7.34. The van der Waals surface area contributed by atoms with Gasteiger partial charge in [-0.3, -0.25) is 0 Å². The number of aromatic nitrogens is 2. The van der Waals surface area contributed by atoms with Gasteiger partial charge in [-0.05, 0) is 12.0 Å². The lowest BCUT2D eigenvalue weighted by Crippen LogP contribution is -2.28. The molecule has 78 valence electrons. The zero-order valence-electron chi connectivity index (χ0n) is 8.58. The molecule has 0 aliphatic heterocycles. The molecule has 1 heterocycles. The smallest absolute Gasteiger partial charge is 0.0946 e. The van der Waals surface area contributed by atoms with Crippen LogP contribution in [0.15, 0.2) is 49.1 Å². The Balaban J connectivity index is 1.90. The second-order valence-corrected chi connectivity index (χ2v) is 3.71. The lowest BCUT2D eigenvalue weighted by molar-refractivity contribution is 0.549. The van der Waals surface area contributed by atoms with Gasteiger partial charge < -0.3 is 10.3 Å². The Morgan fingerprint density at radius 2 is 2.07 bits per heavy atom. The van der Waals surface area contributed by atoms with Gasteiger partial charge in [-0.2, -0.15) is 0 Å². The Bertz CT molecular complexity index is 381. The first kappa shape index (κ1) is 9.93. The Labute approximate surface area is 89.6 Å². The van der Waals surface area contributed by atoms with E-state index in [1.54, 1.807) is 12.5 Å². The van der Waals surface area contributed by atoms with Crippen molar-refractivity contribution in [2.24, 2.45) is 5.73 Å². The quantitative estimate of drug-likeness (QED) is 0.813. The summed E-state index contributed by atoms with van der Waals surface area (Å²) in [5.41, 5.74) is 7.33. The minimum Gasteiger partial charge on any atom is -0.336 e. The summed E-state index contributed by atoms with van der Waals surface area (Å²) in [6, 6.07) is 10.5. The fraction of sp³-hybridized carbons (Fsp3) is 0.250. The number of hydrogen-bond acceptors (Lipinski definition) is 2. The lowest BCUT2D eigenvalue weighted by atomic mass is 10.1. The van der Waals surface area contributed by atoms with Gasteiger partial charge in [0.05, 0.1) is 6.33 Å². The largest absolute Gasteiger partial charge is 0.336 e. The number of rotatable bonds is 4. The van der Waals surface area contributed by atoms with Crippen molar-refractivity contribution >= 4 is 0 Å². The number of imidazole rings is 1. The van der Waals surface area contributed by atoms with Gasteiger partial charge in [-0.1, -0.05) is 30.3 Å². The van der Waals surface area contributed by atoms with Crippen LogP contribution in [-0.4, -0.2) is 15.6 Å². The zero-order chi connectivity index (χ0) is 10.5. The molecular formula is C12H15N3. The van der Waals surface area contributed by atoms with E-state index in [9.17, 15) is 0 Å². The molecule has 0 radical (unpaired) electrons. The molecule has 3 heteroatoms. The van der Waals surface area contributed by atoms with E-state index in [0.717, 1.165) is 13.0 Å². The highest BCUT2D eigenvalue weighted by molar-refractivity contribution is 5.15. The summed E-state index contributed by atoms with van der Waals surface area (Å²) < 4.78 is 2.01. The van der Waals surface area contributed by atoms with Crippen LogP contribution >= 0.6 is 0 Å². The van der Waals surface area contributed by atoms with Gasteiger partial charge in [0.1, 0.15) is 0 Å². The minimum absolute atomic E-state index is 0.140. The van der Waals surface area contributed by atoms with Crippen molar-refractivity contribution in [3.05, 3.63) is 54.6 Å². The predicted octanol–water partition coefficient (Wildman–Crippen LogP) is 1.45. The lowest BCUT2D eigenvalue weighted by Gasteiger charge is -2.11. The molecule has 0 amide bonds. The maximum Gasteiger partial charge on any atom is 0.0946 e. The molecule has 15 heavy (non-hydrogen) atoms. The molecule has 1 atom stereocenters. The average molecular weight is 201 g/mol. The summed E-state index contributed by atoms with van der Waals surface area (Å²) in [6.45, 7) is 0.814. The molecule has 0 saturated carbocycles. The Morgan fingerprint density at radius 3 is 2.73 bits per heavy atom. The van der Waals surface area contributed by atoms with Gasteiger partial charge in [-0.15, -0.1) is 0 Å². The van der Waals surface area contributed by atoms with Crippen LogP contribution in [0.5, 0.6) is 0 Å². The van der Waals surface area contributed by atoms with E-state index in [4.69, 9.17) is 5.73 Å². The van der Waals surface area contributed by atoms with Gasteiger partial charge >= 0.3 is 0 Å². The van der Waals surface area contributed by atoms with Gasteiger partial charge in [0.2, 0.25) is 0 Å². The summed E-state index contributed by atoms with van der Waals surface area (Å²) in [7, 11) is 0. The van der Waals surface area contributed by atoms with Gasteiger partial charge in [0, 0.05) is 25.0 Å². The van der Waals surface area contributed by atoms with Crippen LogP contribution in [0.2, 0.25) is 0 Å². The third-order valence-corrected chi connectivity index (χ3v) is 2.35. The van der Waals surface area contributed by atoms with Crippen LogP contribution in [0, 0.1) is 0 Å². The second-order valence-electron chi connectivity index (χ2n) is 3.71. The molecule has 3 nitrogen and oxygen atoms in total. The van der Waals surface area contributed by atoms with E-state index >= 15 is 0 Å². The van der Waals surface area contributed by atoms with Crippen molar-refractivity contribution < 1.29 is 0 Å². The van der Waals surface area contributed by atoms with Crippen LogP contribution in [0.1, 0.15) is 5.56 Å². The van der Waals surface area contributed by atoms with Crippen LogP contribution in [0.3, 0.4) is 0 Å². The Morgan fingerprint density at radius 1 is 1.27 bits per heavy atom. The normalized spacial score (nSPS) is 12.6. The highest BCUT2D eigenvalue weighted by Gasteiger charge is 2.04. The maximum absolute atomic E-state index is 6.05. The highest BCUT2D eigenvalue weighted by Crippen LogP contribution is 2.03. The molecule has 0 fully saturated rings. The third-order valence-electron chi connectivity index (χ3n) is 2.35. The van der Waals surface area contributed by atoms with Crippen molar-refractivity contribution in [2.45, 2.75) is 19.0 Å². The molecule has 2 rings (SSSR count). The molecule has 0 saturated heterocycles. The molecule has 0 unspecified atom stereocenters. The number of benzene rings is 1.